The van der Waals surface area contributed by atoms with E-state index >= 15 is 0 Å². The number of aromatic nitrogens is 2. The van der Waals surface area contributed by atoms with Crippen molar-refractivity contribution >= 4 is 17.5 Å². The van der Waals surface area contributed by atoms with Crippen molar-refractivity contribution in [2.24, 2.45) is 0 Å². The van der Waals surface area contributed by atoms with E-state index in [1.165, 1.54) is 13.2 Å². The summed E-state index contributed by atoms with van der Waals surface area (Å²) in [5, 5.41) is 5.03. The van der Waals surface area contributed by atoms with Crippen LogP contribution in [0.4, 0.5) is 35.0 Å². The fourth-order valence-electron chi connectivity index (χ4n) is 1.74. The molecule has 0 aliphatic heterocycles. The number of hydrogen-bond donors (Lipinski definition) is 2. The van der Waals surface area contributed by atoms with E-state index in [2.05, 4.69) is 26.7 Å². The van der Waals surface area contributed by atoms with Crippen LogP contribution in [0, 0.1) is 11.9 Å². The molecular weight excluding hydrogens is 316 g/mol. The maximum absolute atomic E-state index is 13.7. The van der Waals surface area contributed by atoms with Gasteiger partial charge >= 0.3 is 6.18 Å². The van der Waals surface area contributed by atoms with Gasteiger partial charge in [0.05, 0.1) is 12.8 Å². The maximum atomic E-state index is 13.7. The Kier molecular flexibility index (Phi) is 4.87. The number of anilines is 3. The molecule has 0 saturated heterocycles. The molecule has 1 radical (unpaired) electrons. The third-order valence-electron chi connectivity index (χ3n) is 2.78. The highest BCUT2D eigenvalue weighted by Crippen LogP contribution is 2.34. The summed E-state index contributed by atoms with van der Waals surface area (Å²) < 4.78 is 57.2. The highest BCUT2D eigenvalue weighted by Gasteiger charge is 2.35. The lowest BCUT2D eigenvalue weighted by atomic mass is 10.3. The summed E-state index contributed by atoms with van der Waals surface area (Å²) in [4.78, 5) is 7.33. The van der Waals surface area contributed by atoms with Crippen molar-refractivity contribution in [2.75, 3.05) is 24.3 Å². The first kappa shape index (κ1) is 16.8. The van der Waals surface area contributed by atoms with Crippen LogP contribution in [0.25, 0.3) is 0 Å². The van der Waals surface area contributed by atoms with Crippen molar-refractivity contribution in [3.63, 3.8) is 0 Å². The molecule has 0 unspecified atom stereocenters. The number of benzene rings is 1. The number of nitrogens with zero attached hydrogens (tertiary/aromatic N) is 2. The van der Waals surface area contributed by atoms with Crippen LogP contribution >= 0.6 is 0 Å². The minimum atomic E-state index is -4.59. The second-order valence-electron chi connectivity index (χ2n) is 4.37. The van der Waals surface area contributed by atoms with Crippen molar-refractivity contribution < 1.29 is 22.3 Å². The first-order valence-electron chi connectivity index (χ1n) is 6.55. The van der Waals surface area contributed by atoms with Gasteiger partial charge in [0, 0.05) is 24.9 Å². The van der Waals surface area contributed by atoms with E-state index in [-0.39, 0.29) is 29.7 Å². The van der Waals surface area contributed by atoms with Gasteiger partial charge in [0.15, 0.2) is 0 Å². The second kappa shape index (κ2) is 6.67. The van der Waals surface area contributed by atoms with Gasteiger partial charge in [-0.25, -0.2) is 9.37 Å². The van der Waals surface area contributed by atoms with Gasteiger partial charge in [0.1, 0.15) is 22.9 Å². The number of rotatable bonds is 5. The van der Waals surface area contributed by atoms with E-state index in [4.69, 9.17) is 4.74 Å². The Hall–Kier alpha value is -2.58. The zero-order valence-corrected chi connectivity index (χ0v) is 12.3. The summed E-state index contributed by atoms with van der Waals surface area (Å²) in [6, 6.07) is 4.87. The summed E-state index contributed by atoms with van der Waals surface area (Å²) in [7, 11) is 1.38. The van der Waals surface area contributed by atoms with Crippen LogP contribution in [0.1, 0.15) is 12.5 Å². The summed E-state index contributed by atoms with van der Waals surface area (Å²) in [6.07, 6.45) is -3.95. The smallest absolute Gasteiger partial charge is 0.421 e. The predicted molar refractivity (Wildman–Crippen MR) is 76.3 cm³/mol. The average molecular weight is 329 g/mol. The molecule has 2 N–H and O–H groups in total. The number of hydrogen-bond acceptors (Lipinski definition) is 5. The van der Waals surface area contributed by atoms with Crippen molar-refractivity contribution in [1.82, 2.24) is 9.97 Å². The lowest BCUT2D eigenvalue weighted by Crippen LogP contribution is -2.14. The van der Waals surface area contributed by atoms with Gasteiger partial charge in [-0.05, 0) is 13.0 Å². The van der Waals surface area contributed by atoms with Gasteiger partial charge < -0.3 is 15.4 Å². The van der Waals surface area contributed by atoms with Gasteiger partial charge in [0.2, 0.25) is 5.95 Å². The second-order valence-corrected chi connectivity index (χ2v) is 4.37. The predicted octanol–water partition coefficient (Wildman–Crippen LogP) is 3.62. The quantitative estimate of drug-likeness (QED) is 0.821. The van der Waals surface area contributed by atoms with Crippen LogP contribution in [-0.2, 0) is 6.18 Å². The Bertz CT molecular complexity index is 691. The molecule has 0 bridgehead atoms. The van der Waals surface area contributed by atoms with Gasteiger partial charge in [0.25, 0.3) is 0 Å². The Labute approximate surface area is 129 Å². The molecule has 1 heterocycles. The van der Waals surface area contributed by atoms with Crippen molar-refractivity contribution in [3.8, 4) is 5.75 Å². The average Bonchev–Trinajstić information content (AvgIpc) is 2.49. The van der Waals surface area contributed by atoms with E-state index in [1.54, 1.807) is 6.92 Å². The summed E-state index contributed by atoms with van der Waals surface area (Å²) in [6.45, 7) is 1.87. The topological polar surface area (TPSA) is 59.1 Å². The molecule has 0 aliphatic rings. The third-order valence-corrected chi connectivity index (χ3v) is 2.78. The number of nitrogens with one attached hydrogen (secondary N) is 2. The summed E-state index contributed by atoms with van der Waals surface area (Å²) in [5.41, 5.74) is -1.04. The van der Waals surface area contributed by atoms with Gasteiger partial charge in [-0.2, -0.15) is 18.2 Å². The molecule has 2 aromatic rings. The molecule has 2 rings (SSSR count). The molecule has 5 nitrogen and oxygen atoms in total. The first-order valence-corrected chi connectivity index (χ1v) is 6.55. The van der Waals surface area contributed by atoms with E-state index < -0.39 is 17.6 Å². The normalized spacial score (nSPS) is 11.2. The largest absolute Gasteiger partial charge is 0.496 e. The standard InChI is InChI=1S/C14H13F4N4O/c1-3-19-12-9(14(16,17)18)7-20-13(22-12)21-11-6-8(23-2)4-5-10(11)15/h5-7H,3H2,1-2H3,(H2,19,20,21,22). The highest BCUT2D eigenvalue weighted by molar-refractivity contribution is 5.59. The molecule has 0 atom stereocenters. The van der Waals surface area contributed by atoms with E-state index in [0.717, 1.165) is 6.07 Å². The van der Waals surface area contributed by atoms with Crippen LogP contribution in [0.3, 0.4) is 0 Å². The lowest BCUT2D eigenvalue weighted by Gasteiger charge is -2.14. The number of ether oxygens (including phenoxy) is 1. The maximum Gasteiger partial charge on any atom is 0.421 e. The van der Waals surface area contributed by atoms with Crippen molar-refractivity contribution in [2.45, 2.75) is 13.1 Å². The molecule has 1 aromatic heterocycles. The van der Waals surface area contributed by atoms with Crippen molar-refractivity contribution in [3.05, 3.63) is 35.8 Å². The van der Waals surface area contributed by atoms with E-state index in [1.807, 2.05) is 0 Å². The molecule has 0 saturated carbocycles. The number of halogens is 4. The Balaban J connectivity index is 2.36. The fraction of sp³-hybridized carbons (Fsp3) is 0.286. The van der Waals surface area contributed by atoms with Gasteiger partial charge in [-0.3, -0.25) is 0 Å². The van der Waals surface area contributed by atoms with E-state index in [9.17, 15) is 17.6 Å². The summed E-state index contributed by atoms with van der Waals surface area (Å²) in [5.74, 6) is -0.972. The Morgan fingerprint density at radius 2 is 2.09 bits per heavy atom. The molecule has 23 heavy (non-hydrogen) atoms. The van der Waals surface area contributed by atoms with Gasteiger partial charge in [-0.15, -0.1) is 0 Å². The zero-order valence-electron chi connectivity index (χ0n) is 12.3. The van der Waals surface area contributed by atoms with Crippen LogP contribution in [0.2, 0.25) is 0 Å². The fourth-order valence-corrected chi connectivity index (χ4v) is 1.74. The Morgan fingerprint density at radius 3 is 2.70 bits per heavy atom. The summed E-state index contributed by atoms with van der Waals surface area (Å²) >= 11 is 0. The third kappa shape index (κ3) is 3.99. The monoisotopic (exact) mass is 329 g/mol. The molecule has 0 spiro atoms. The van der Waals surface area contributed by atoms with Crippen LogP contribution < -0.4 is 15.4 Å². The van der Waals surface area contributed by atoms with Crippen LogP contribution in [-0.4, -0.2) is 23.6 Å². The van der Waals surface area contributed by atoms with Crippen molar-refractivity contribution in [1.29, 1.82) is 0 Å². The molecule has 123 valence electrons. The molecule has 0 fully saturated rings. The van der Waals surface area contributed by atoms with Crippen LogP contribution in [0.5, 0.6) is 5.75 Å². The van der Waals surface area contributed by atoms with E-state index in [0.29, 0.717) is 6.20 Å². The molecule has 0 amide bonds. The first-order chi connectivity index (χ1) is 10.8. The minimum absolute atomic E-state index is 0.0391. The molecule has 1 aromatic carbocycles. The minimum Gasteiger partial charge on any atom is -0.496 e. The number of alkyl halides is 3. The molecule has 0 aliphatic carbocycles. The lowest BCUT2D eigenvalue weighted by molar-refractivity contribution is -0.137. The van der Waals surface area contributed by atoms with Crippen LogP contribution in [0.15, 0.2) is 18.3 Å². The molecular formula is C14H13F4N4O. The van der Waals surface area contributed by atoms with Gasteiger partial charge in [-0.1, -0.05) is 0 Å². The Morgan fingerprint density at radius 1 is 1.35 bits per heavy atom. The molecule has 9 heteroatoms. The highest BCUT2D eigenvalue weighted by atomic mass is 19.4. The SMILES string of the molecule is CCNc1nc(Nc2cc(OC)[c]cc2F)ncc1C(F)(F)F. The number of methoxy groups -OCH3 is 1. The zero-order chi connectivity index (χ0) is 17.0.